The maximum Gasteiger partial charge on any atom is 0.439 e. The van der Waals surface area contributed by atoms with Gasteiger partial charge in [-0.2, -0.15) is 0 Å². The summed E-state index contributed by atoms with van der Waals surface area (Å²) in [5.41, 5.74) is 6.49. The van der Waals surface area contributed by atoms with Gasteiger partial charge in [0.25, 0.3) is 5.56 Å². The quantitative estimate of drug-likeness (QED) is 0.309. The number of nitrogens with one attached hydrogen (secondary N) is 1. The fourth-order valence-electron chi connectivity index (χ4n) is 4.68. The molecule has 0 aliphatic carbocycles. The number of unbranched alkanes of at least 4 members (excludes halogenated alkanes) is 1. The Morgan fingerprint density at radius 3 is 2.38 bits per heavy atom. The zero-order chi connectivity index (χ0) is 25.8. The molecule has 2 aromatic carbocycles. The van der Waals surface area contributed by atoms with E-state index in [9.17, 15) is 9.59 Å². The number of H-pyrrole nitrogens is 1. The summed E-state index contributed by atoms with van der Waals surface area (Å²) in [6.07, 6.45) is 5.19. The van der Waals surface area contributed by atoms with Crippen LogP contribution in [0.25, 0.3) is 28.3 Å². The highest BCUT2D eigenvalue weighted by molar-refractivity contribution is 5.80. The Hall–Kier alpha value is -4.52. The van der Waals surface area contributed by atoms with E-state index in [0.717, 1.165) is 58.3 Å². The fourth-order valence-corrected chi connectivity index (χ4v) is 4.68. The highest BCUT2D eigenvalue weighted by atomic mass is 16.5. The molecule has 0 unspecified atom stereocenters. The maximum atomic E-state index is 13.7. The van der Waals surface area contributed by atoms with Crippen LogP contribution in [0.1, 0.15) is 42.1 Å². The van der Waals surface area contributed by atoms with Crippen molar-refractivity contribution in [3.8, 4) is 28.3 Å². The second kappa shape index (κ2) is 10.6. The molecule has 0 aliphatic rings. The largest absolute Gasteiger partial charge is 0.439 e. The standard InChI is InChI=1S/C30H28N4O3/c1-3-4-9-23-18-20(2)34(27-12-7-8-17-31-27)29(35)26(23)19-21-13-15-22(16-14-21)24-10-5-6-11-25(24)28-32-30(36)37-33-28/h5-8,10-18H,3-4,9,19H2,1-2H3,(H,32,33,36). The highest BCUT2D eigenvalue weighted by Gasteiger charge is 2.16. The molecule has 7 heteroatoms. The van der Waals surface area contributed by atoms with Gasteiger partial charge in [-0.25, -0.2) is 9.78 Å². The number of pyridine rings is 2. The Morgan fingerprint density at radius 1 is 0.946 bits per heavy atom. The first-order valence-corrected chi connectivity index (χ1v) is 12.5. The van der Waals surface area contributed by atoms with E-state index >= 15 is 0 Å². The van der Waals surface area contributed by atoms with Crippen molar-refractivity contribution in [2.75, 3.05) is 0 Å². The Morgan fingerprint density at radius 2 is 1.70 bits per heavy atom. The van der Waals surface area contributed by atoms with Gasteiger partial charge in [-0.15, -0.1) is 0 Å². The van der Waals surface area contributed by atoms with E-state index in [2.05, 4.69) is 28.1 Å². The van der Waals surface area contributed by atoms with Gasteiger partial charge in [0.15, 0.2) is 5.82 Å². The highest BCUT2D eigenvalue weighted by Crippen LogP contribution is 2.30. The Bertz CT molecular complexity index is 1630. The Balaban J connectivity index is 1.51. The summed E-state index contributed by atoms with van der Waals surface area (Å²) in [6.45, 7) is 4.12. The molecule has 186 valence electrons. The predicted molar refractivity (Wildman–Crippen MR) is 144 cm³/mol. The lowest BCUT2D eigenvalue weighted by Crippen LogP contribution is -2.27. The predicted octanol–water partition coefficient (Wildman–Crippen LogP) is 5.48. The van der Waals surface area contributed by atoms with Crippen LogP contribution in [0.2, 0.25) is 0 Å². The van der Waals surface area contributed by atoms with Crippen molar-refractivity contribution in [1.29, 1.82) is 0 Å². The number of aromatic amines is 1. The van der Waals surface area contributed by atoms with Crippen LogP contribution in [0.5, 0.6) is 0 Å². The Labute approximate surface area is 214 Å². The van der Waals surface area contributed by atoms with E-state index in [0.29, 0.717) is 18.1 Å². The molecule has 0 spiro atoms. The third-order valence-electron chi connectivity index (χ3n) is 6.53. The zero-order valence-corrected chi connectivity index (χ0v) is 20.9. The number of hydrogen-bond donors (Lipinski definition) is 1. The average Bonchev–Trinajstić information content (AvgIpc) is 3.36. The number of nitrogens with zero attached hydrogens (tertiary/aromatic N) is 3. The van der Waals surface area contributed by atoms with E-state index in [1.807, 2.05) is 73.7 Å². The smallest absolute Gasteiger partial charge is 0.296 e. The minimum atomic E-state index is -0.589. The van der Waals surface area contributed by atoms with E-state index in [4.69, 9.17) is 4.52 Å². The van der Waals surface area contributed by atoms with Gasteiger partial charge in [-0.05, 0) is 60.2 Å². The second-order valence-corrected chi connectivity index (χ2v) is 9.08. The minimum absolute atomic E-state index is 0.0192. The molecule has 0 atom stereocenters. The normalized spacial score (nSPS) is 11.1. The van der Waals surface area contributed by atoms with Crippen LogP contribution in [0.4, 0.5) is 0 Å². The summed E-state index contributed by atoms with van der Waals surface area (Å²) in [5, 5.41) is 3.84. The molecule has 5 rings (SSSR count). The van der Waals surface area contributed by atoms with Crippen molar-refractivity contribution in [2.24, 2.45) is 0 Å². The summed E-state index contributed by atoms with van der Waals surface area (Å²) in [6, 6.07) is 23.6. The number of aryl methyl sites for hydroxylation is 2. The van der Waals surface area contributed by atoms with Gasteiger partial charge in [0.1, 0.15) is 5.82 Å². The van der Waals surface area contributed by atoms with Gasteiger partial charge in [0.05, 0.1) is 0 Å². The van der Waals surface area contributed by atoms with Crippen LogP contribution in [0, 0.1) is 6.92 Å². The zero-order valence-electron chi connectivity index (χ0n) is 20.9. The average molecular weight is 493 g/mol. The third-order valence-corrected chi connectivity index (χ3v) is 6.53. The maximum absolute atomic E-state index is 13.7. The first-order valence-electron chi connectivity index (χ1n) is 12.5. The lowest BCUT2D eigenvalue weighted by Gasteiger charge is -2.16. The molecule has 3 aromatic heterocycles. The number of aromatic nitrogens is 4. The number of rotatable bonds is 8. The minimum Gasteiger partial charge on any atom is -0.296 e. The SMILES string of the molecule is CCCCc1cc(C)n(-c2ccccn2)c(=O)c1Cc1ccc(-c2ccccc2-c2noc(=O)[nH]2)cc1. The van der Waals surface area contributed by atoms with Gasteiger partial charge >= 0.3 is 5.76 Å². The molecule has 0 saturated carbocycles. The van der Waals surface area contributed by atoms with Gasteiger partial charge in [0.2, 0.25) is 0 Å². The number of hydrogen-bond acceptors (Lipinski definition) is 5. The summed E-state index contributed by atoms with van der Waals surface area (Å²) >= 11 is 0. The molecule has 0 saturated heterocycles. The van der Waals surface area contributed by atoms with E-state index in [1.165, 1.54) is 0 Å². The van der Waals surface area contributed by atoms with Crippen LogP contribution in [-0.4, -0.2) is 19.7 Å². The molecule has 3 heterocycles. The summed E-state index contributed by atoms with van der Waals surface area (Å²) in [7, 11) is 0. The summed E-state index contributed by atoms with van der Waals surface area (Å²) in [5.74, 6) is 0.430. The first kappa shape index (κ1) is 24.2. The molecular weight excluding hydrogens is 464 g/mol. The van der Waals surface area contributed by atoms with Crippen molar-refractivity contribution < 1.29 is 4.52 Å². The molecular formula is C30H28N4O3. The van der Waals surface area contributed by atoms with E-state index in [1.54, 1.807) is 10.8 Å². The van der Waals surface area contributed by atoms with E-state index < -0.39 is 5.76 Å². The first-order chi connectivity index (χ1) is 18.0. The molecule has 0 amide bonds. The molecule has 37 heavy (non-hydrogen) atoms. The van der Waals surface area contributed by atoms with Crippen LogP contribution in [-0.2, 0) is 12.8 Å². The van der Waals surface area contributed by atoms with Gasteiger partial charge in [0, 0.05) is 29.4 Å². The molecule has 0 radical (unpaired) electrons. The lowest BCUT2D eigenvalue weighted by atomic mass is 9.94. The van der Waals surface area contributed by atoms with Crippen LogP contribution < -0.4 is 11.3 Å². The van der Waals surface area contributed by atoms with Crippen molar-refractivity contribution >= 4 is 0 Å². The Kier molecular flexibility index (Phi) is 6.94. The number of benzene rings is 2. The molecule has 0 aliphatic heterocycles. The van der Waals surface area contributed by atoms with Crippen molar-refractivity contribution in [2.45, 2.75) is 39.5 Å². The molecule has 5 aromatic rings. The summed E-state index contributed by atoms with van der Waals surface area (Å²) < 4.78 is 6.40. The monoisotopic (exact) mass is 492 g/mol. The van der Waals surface area contributed by atoms with Gasteiger partial charge in [-0.1, -0.05) is 73.1 Å². The fraction of sp³-hybridized carbons (Fsp3) is 0.200. The van der Waals surface area contributed by atoms with Crippen LogP contribution in [0.15, 0.2) is 93.1 Å². The van der Waals surface area contributed by atoms with Crippen molar-refractivity contribution in [3.63, 3.8) is 0 Å². The van der Waals surface area contributed by atoms with Gasteiger partial charge < -0.3 is 0 Å². The summed E-state index contributed by atoms with van der Waals surface area (Å²) in [4.78, 5) is 32.3. The topological polar surface area (TPSA) is 93.8 Å². The van der Waals surface area contributed by atoms with Crippen LogP contribution in [0.3, 0.4) is 0 Å². The lowest BCUT2D eigenvalue weighted by molar-refractivity contribution is 0.388. The van der Waals surface area contributed by atoms with E-state index in [-0.39, 0.29) is 5.56 Å². The third kappa shape index (κ3) is 5.07. The molecule has 0 fully saturated rings. The molecule has 1 N–H and O–H groups in total. The van der Waals surface area contributed by atoms with Crippen LogP contribution >= 0.6 is 0 Å². The van der Waals surface area contributed by atoms with Crippen molar-refractivity contribution in [1.82, 2.24) is 19.7 Å². The molecule has 7 nitrogen and oxygen atoms in total. The molecule has 0 bridgehead atoms. The van der Waals surface area contributed by atoms with Crippen molar-refractivity contribution in [3.05, 3.63) is 122 Å². The van der Waals surface area contributed by atoms with Gasteiger partial charge in [-0.3, -0.25) is 18.9 Å². The second-order valence-electron chi connectivity index (χ2n) is 9.08.